The first-order valence-corrected chi connectivity index (χ1v) is 12.7. The van der Waals surface area contributed by atoms with E-state index in [1.807, 2.05) is 31.2 Å². The SMILES string of the molecule is Cc1cc(OCC[C@@H](C)N)cc(C)c1-c1cccc(COc2ccc(C3=CC(=O)NS3=O)cc2)c1. The Kier molecular flexibility index (Phi) is 7.68. The number of aryl methyl sites for hydroxylation is 2. The molecule has 7 heteroatoms. The van der Waals surface area contributed by atoms with E-state index in [1.165, 1.54) is 11.6 Å². The maximum atomic E-state index is 11.9. The summed E-state index contributed by atoms with van der Waals surface area (Å²) in [6.45, 7) is 7.20. The Morgan fingerprint density at radius 1 is 0.943 bits per heavy atom. The van der Waals surface area contributed by atoms with Crippen molar-refractivity contribution < 1.29 is 18.5 Å². The van der Waals surface area contributed by atoms with Gasteiger partial charge >= 0.3 is 0 Å². The molecule has 0 aromatic heterocycles. The van der Waals surface area contributed by atoms with E-state index in [0.717, 1.165) is 40.0 Å². The van der Waals surface area contributed by atoms with Gasteiger partial charge in [0.15, 0.2) is 11.0 Å². The Hall–Kier alpha value is -3.42. The van der Waals surface area contributed by atoms with E-state index in [9.17, 15) is 9.00 Å². The van der Waals surface area contributed by atoms with E-state index in [1.54, 1.807) is 12.1 Å². The van der Waals surface area contributed by atoms with Gasteiger partial charge in [0.2, 0.25) is 0 Å². The Morgan fingerprint density at radius 3 is 2.29 bits per heavy atom. The number of nitrogens with two attached hydrogens (primary N) is 1. The van der Waals surface area contributed by atoms with Gasteiger partial charge in [0.1, 0.15) is 18.1 Å². The molecule has 35 heavy (non-hydrogen) atoms. The maximum absolute atomic E-state index is 11.9. The Morgan fingerprint density at radius 2 is 1.66 bits per heavy atom. The number of amides is 1. The van der Waals surface area contributed by atoms with Crippen molar-refractivity contribution in [1.82, 2.24) is 4.72 Å². The third-order valence-corrected chi connectivity index (χ3v) is 6.90. The molecule has 0 radical (unpaired) electrons. The monoisotopic (exact) mass is 490 g/mol. The molecule has 0 saturated carbocycles. The lowest BCUT2D eigenvalue weighted by molar-refractivity contribution is -0.114. The van der Waals surface area contributed by atoms with Crippen LogP contribution in [0.5, 0.6) is 11.5 Å². The van der Waals surface area contributed by atoms with Crippen LogP contribution in [0.2, 0.25) is 0 Å². The van der Waals surface area contributed by atoms with Crippen LogP contribution in [0.15, 0.2) is 66.7 Å². The molecular weight excluding hydrogens is 460 g/mol. The highest BCUT2D eigenvalue weighted by Gasteiger charge is 2.20. The summed E-state index contributed by atoms with van der Waals surface area (Å²) in [7, 11) is -1.50. The minimum Gasteiger partial charge on any atom is -0.494 e. The van der Waals surface area contributed by atoms with Crippen LogP contribution in [-0.4, -0.2) is 22.8 Å². The van der Waals surface area contributed by atoms with E-state index in [4.69, 9.17) is 15.2 Å². The largest absolute Gasteiger partial charge is 0.494 e. The predicted octanol–water partition coefficient (Wildman–Crippen LogP) is 4.80. The van der Waals surface area contributed by atoms with Crippen molar-refractivity contribution in [2.24, 2.45) is 5.73 Å². The number of hydrogen-bond donors (Lipinski definition) is 2. The van der Waals surface area contributed by atoms with Gasteiger partial charge in [-0.2, -0.15) is 0 Å². The average Bonchev–Trinajstić information content (AvgIpc) is 3.15. The number of hydrogen-bond acceptors (Lipinski definition) is 5. The van der Waals surface area contributed by atoms with Gasteiger partial charge in [-0.1, -0.05) is 30.3 Å². The molecule has 1 aliphatic heterocycles. The number of nitrogens with one attached hydrogen (secondary N) is 1. The standard InChI is InChI=1S/C28H30N2O4S/c1-18-13-25(33-12-11-20(3)29)14-19(2)28(18)23-6-4-5-21(15-23)17-34-24-9-7-22(8-10-24)26-16-27(31)30-35(26)32/h4-10,13-16,20H,11-12,17,29H2,1-3H3,(H,30,31)/t20-,35?/m1/s1. The van der Waals surface area contributed by atoms with Crippen LogP contribution < -0.4 is 19.9 Å². The molecule has 0 fully saturated rings. The van der Waals surface area contributed by atoms with Crippen LogP contribution in [0.4, 0.5) is 0 Å². The molecule has 1 unspecified atom stereocenters. The first-order chi connectivity index (χ1) is 16.8. The third kappa shape index (κ3) is 6.18. The normalized spacial score (nSPS) is 15.9. The van der Waals surface area contributed by atoms with E-state index < -0.39 is 11.0 Å². The molecule has 0 aliphatic carbocycles. The van der Waals surface area contributed by atoms with Crippen LogP contribution in [0.1, 0.15) is 35.6 Å². The lowest BCUT2D eigenvalue weighted by atomic mass is 9.94. The fraction of sp³-hybridized carbons (Fsp3) is 0.250. The van der Waals surface area contributed by atoms with Gasteiger partial charge in [-0.3, -0.25) is 9.52 Å². The summed E-state index contributed by atoms with van der Waals surface area (Å²) >= 11 is 0. The van der Waals surface area contributed by atoms with Crippen LogP contribution in [0.3, 0.4) is 0 Å². The van der Waals surface area contributed by atoms with Crippen molar-refractivity contribution in [1.29, 1.82) is 0 Å². The fourth-order valence-electron chi connectivity index (χ4n) is 4.06. The van der Waals surface area contributed by atoms with E-state index >= 15 is 0 Å². The minimum atomic E-state index is -1.50. The zero-order valence-corrected chi connectivity index (χ0v) is 21.0. The molecule has 1 amide bonds. The Balaban J connectivity index is 1.44. The second-order valence-corrected chi connectivity index (χ2v) is 9.98. The summed E-state index contributed by atoms with van der Waals surface area (Å²) in [4.78, 5) is 11.9. The van der Waals surface area contributed by atoms with Gasteiger partial charge in [-0.15, -0.1) is 0 Å². The zero-order chi connectivity index (χ0) is 24.9. The minimum absolute atomic E-state index is 0.123. The molecule has 3 aromatic carbocycles. The first kappa shape index (κ1) is 24.7. The number of ether oxygens (including phenoxy) is 2. The van der Waals surface area contributed by atoms with E-state index in [0.29, 0.717) is 23.9 Å². The second-order valence-electron chi connectivity index (χ2n) is 8.80. The number of carbonyl (C=O) groups excluding carboxylic acids is 1. The summed E-state index contributed by atoms with van der Waals surface area (Å²) in [5, 5.41) is 0. The summed E-state index contributed by atoms with van der Waals surface area (Å²) in [6.07, 6.45) is 2.18. The predicted molar refractivity (Wildman–Crippen MR) is 140 cm³/mol. The van der Waals surface area contributed by atoms with Gasteiger partial charge in [0.05, 0.1) is 11.5 Å². The van der Waals surface area contributed by atoms with Crippen LogP contribution in [0, 0.1) is 13.8 Å². The molecule has 1 aliphatic rings. The molecule has 1 heterocycles. The highest BCUT2D eigenvalue weighted by atomic mass is 32.2. The van der Waals surface area contributed by atoms with Crippen molar-refractivity contribution in [3.8, 4) is 22.6 Å². The maximum Gasteiger partial charge on any atom is 0.257 e. The van der Waals surface area contributed by atoms with Gasteiger partial charge in [-0.25, -0.2) is 4.21 Å². The van der Waals surface area contributed by atoms with Gasteiger partial charge in [0.25, 0.3) is 5.91 Å². The molecule has 0 bridgehead atoms. The van der Waals surface area contributed by atoms with E-state index in [2.05, 4.69) is 42.8 Å². The molecule has 6 nitrogen and oxygen atoms in total. The van der Waals surface area contributed by atoms with Crippen molar-refractivity contribution >= 4 is 21.8 Å². The average molecular weight is 491 g/mol. The van der Waals surface area contributed by atoms with Crippen LogP contribution in [-0.2, 0) is 22.4 Å². The summed E-state index contributed by atoms with van der Waals surface area (Å²) in [5.41, 5.74) is 12.2. The topological polar surface area (TPSA) is 90.7 Å². The lowest BCUT2D eigenvalue weighted by Gasteiger charge is -2.15. The van der Waals surface area contributed by atoms with Gasteiger partial charge < -0.3 is 15.2 Å². The van der Waals surface area contributed by atoms with Crippen molar-refractivity contribution in [2.45, 2.75) is 39.8 Å². The van der Waals surface area contributed by atoms with Crippen molar-refractivity contribution in [3.63, 3.8) is 0 Å². The summed E-state index contributed by atoms with van der Waals surface area (Å²) in [6, 6.07) is 19.8. The highest BCUT2D eigenvalue weighted by molar-refractivity contribution is 7.93. The number of rotatable bonds is 9. The van der Waals surface area contributed by atoms with Gasteiger partial charge in [0, 0.05) is 12.1 Å². The Bertz CT molecular complexity index is 1260. The second kappa shape index (κ2) is 10.9. The molecule has 182 valence electrons. The zero-order valence-electron chi connectivity index (χ0n) is 20.2. The fourth-order valence-corrected chi connectivity index (χ4v) is 4.98. The molecule has 0 saturated heterocycles. The van der Waals surface area contributed by atoms with Crippen molar-refractivity contribution in [2.75, 3.05) is 6.61 Å². The van der Waals surface area contributed by atoms with E-state index in [-0.39, 0.29) is 11.9 Å². The molecule has 3 N–H and O–H groups in total. The quantitative estimate of drug-likeness (QED) is 0.450. The lowest BCUT2D eigenvalue weighted by Crippen LogP contribution is -2.18. The molecular formula is C28H30N2O4S. The Labute approximate surface area is 208 Å². The van der Waals surface area contributed by atoms with Crippen molar-refractivity contribution in [3.05, 3.63) is 89.0 Å². The molecule has 4 rings (SSSR count). The molecule has 2 atom stereocenters. The smallest absolute Gasteiger partial charge is 0.257 e. The highest BCUT2D eigenvalue weighted by Crippen LogP contribution is 2.32. The summed E-state index contributed by atoms with van der Waals surface area (Å²) in [5.74, 6) is 1.22. The number of benzene rings is 3. The molecule has 3 aromatic rings. The number of carbonyl (C=O) groups is 1. The van der Waals surface area contributed by atoms with Crippen LogP contribution >= 0.6 is 0 Å². The third-order valence-electron chi connectivity index (χ3n) is 5.76. The molecule has 0 spiro atoms. The van der Waals surface area contributed by atoms with Crippen LogP contribution in [0.25, 0.3) is 16.0 Å². The van der Waals surface area contributed by atoms with Gasteiger partial charge in [-0.05, 0) is 90.9 Å². The summed E-state index contributed by atoms with van der Waals surface area (Å²) < 4.78 is 26.2. The first-order valence-electron chi connectivity index (χ1n) is 11.6.